The smallest absolute Gasteiger partial charge is 0.126 e. The van der Waals surface area contributed by atoms with Gasteiger partial charge in [-0.2, -0.15) is 0 Å². The maximum atomic E-state index is 13.3. The zero-order chi connectivity index (χ0) is 12.2. The van der Waals surface area contributed by atoms with Gasteiger partial charge in [0.1, 0.15) is 5.82 Å². The number of halogens is 1. The van der Waals surface area contributed by atoms with Gasteiger partial charge in [-0.1, -0.05) is 39.0 Å². The Hall–Kier alpha value is -0.890. The monoisotopic (exact) mass is 223 g/mol. The SMILES string of the molecule is CC(C)(C)C(N)CCCc1ccccc1F. The van der Waals surface area contributed by atoms with Crippen molar-refractivity contribution in [2.45, 2.75) is 46.1 Å². The molecule has 2 N–H and O–H groups in total. The predicted octanol–water partition coefficient (Wildman–Crippen LogP) is 3.52. The fourth-order valence-corrected chi connectivity index (χ4v) is 1.65. The zero-order valence-corrected chi connectivity index (χ0v) is 10.5. The molecule has 1 aromatic carbocycles. The van der Waals surface area contributed by atoms with Gasteiger partial charge in [0.2, 0.25) is 0 Å². The van der Waals surface area contributed by atoms with Gasteiger partial charge in [-0.25, -0.2) is 4.39 Å². The summed E-state index contributed by atoms with van der Waals surface area (Å²) in [6, 6.07) is 7.14. The Morgan fingerprint density at radius 3 is 2.44 bits per heavy atom. The van der Waals surface area contributed by atoms with Crippen LogP contribution in [0.1, 0.15) is 39.2 Å². The van der Waals surface area contributed by atoms with Gasteiger partial charge in [0.05, 0.1) is 0 Å². The Kier molecular flexibility index (Phi) is 4.48. The average Bonchev–Trinajstić information content (AvgIpc) is 2.19. The van der Waals surface area contributed by atoms with Crippen LogP contribution in [0.15, 0.2) is 24.3 Å². The van der Waals surface area contributed by atoms with Crippen molar-refractivity contribution in [2.24, 2.45) is 11.1 Å². The van der Waals surface area contributed by atoms with Crippen LogP contribution in [0.25, 0.3) is 0 Å². The molecule has 0 radical (unpaired) electrons. The third-order valence-electron chi connectivity index (χ3n) is 3.03. The summed E-state index contributed by atoms with van der Waals surface area (Å²) in [5.41, 5.74) is 6.99. The maximum absolute atomic E-state index is 13.3. The molecule has 1 atom stereocenters. The van der Waals surface area contributed by atoms with Crippen molar-refractivity contribution >= 4 is 0 Å². The summed E-state index contributed by atoms with van der Waals surface area (Å²) in [5, 5.41) is 0. The largest absolute Gasteiger partial charge is 0.327 e. The zero-order valence-electron chi connectivity index (χ0n) is 10.5. The molecule has 0 aliphatic heterocycles. The number of rotatable bonds is 4. The molecule has 1 unspecified atom stereocenters. The summed E-state index contributed by atoms with van der Waals surface area (Å²) in [4.78, 5) is 0. The van der Waals surface area contributed by atoms with Gasteiger partial charge in [-0.05, 0) is 36.3 Å². The molecule has 0 spiro atoms. The molecule has 1 nitrogen and oxygen atoms in total. The van der Waals surface area contributed by atoms with Crippen molar-refractivity contribution in [3.05, 3.63) is 35.6 Å². The number of aryl methyl sites for hydroxylation is 1. The van der Waals surface area contributed by atoms with E-state index >= 15 is 0 Å². The van der Waals surface area contributed by atoms with Crippen LogP contribution in [-0.2, 0) is 6.42 Å². The molecule has 1 aromatic rings. The molecule has 0 aromatic heterocycles. The Bertz CT molecular complexity index is 328. The van der Waals surface area contributed by atoms with Crippen molar-refractivity contribution in [2.75, 3.05) is 0 Å². The predicted molar refractivity (Wildman–Crippen MR) is 66.8 cm³/mol. The molecular formula is C14H22FN. The van der Waals surface area contributed by atoms with Crippen molar-refractivity contribution in [1.82, 2.24) is 0 Å². The maximum Gasteiger partial charge on any atom is 0.126 e. The Labute approximate surface area is 97.9 Å². The van der Waals surface area contributed by atoms with Crippen LogP contribution in [0, 0.1) is 11.2 Å². The summed E-state index contributed by atoms with van der Waals surface area (Å²) < 4.78 is 13.3. The second-order valence-electron chi connectivity index (χ2n) is 5.46. The van der Waals surface area contributed by atoms with Gasteiger partial charge in [-0.3, -0.25) is 0 Å². The van der Waals surface area contributed by atoms with Crippen LogP contribution in [0.4, 0.5) is 4.39 Å². The van der Waals surface area contributed by atoms with E-state index in [-0.39, 0.29) is 17.3 Å². The van der Waals surface area contributed by atoms with E-state index < -0.39 is 0 Å². The molecular weight excluding hydrogens is 201 g/mol. The van der Waals surface area contributed by atoms with E-state index in [2.05, 4.69) is 20.8 Å². The van der Waals surface area contributed by atoms with Gasteiger partial charge >= 0.3 is 0 Å². The van der Waals surface area contributed by atoms with Crippen LogP contribution in [0.5, 0.6) is 0 Å². The highest BCUT2D eigenvalue weighted by atomic mass is 19.1. The van der Waals surface area contributed by atoms with E-state index in [0.29, 0.717) is 0 Å². The van der Waals surface area contributed by atoms with Crippen molar-refractivity contribution in [1.29, 1.82) is 0 Å². The molecule has 1 rings (SSSR count). The third-order valence-corrected chi connectivity index (χ3v) is 3.03. The topological polar surface area (TPSA) is 26.0 Å². The lowest BCUT2D eigenvalue weighted by Gasteiger charge is -2.26. The lowest BCUT2D eigenvalue weighted by atomic mass is 9.84. The van der Waals surface area contributed by atoms with Gasteiger partial charge in [0, 0.05) is 6.04 Å². The van der Waals surface area contributed by atoms with Crippen molar-refractivity contribution < 1.29 is 4.39 Å². The highest BCUT2D eigenvalue weighted by molar-refractivity contribution is 5.17. The first-order valence-electron chi connectivity index (χ1n) is 5.90. The molecule has 0 saturated carbocycles. The van der Waals surface area contributed by atoms with Crippen molar-refractivity contribution in [3.63, 3.8) is 0 Å². The van der Waals surface area contributed by atoms with E-state index in [1.807, 2.05) is 12.1 Å². The molecule has 0 aliphatic rings. The first-order valence-corrected chi connectivity index (χ1v) is 5.90. The minimum atomic E-state index is -0.105. The fraction of sp³-hybridized carbons (Fsp3) is 0.571. The Morgan fingerprint density at radius 2 is 1.88 bits per heavy atom. The Morgan fingerprint density at radius 1 is 1.25 bits per heavy atom. The highest BCUT2D eigenvalue weighted by Crippen LogP contribution is 2.21. The van der Waals surface area contributed by atoms with E-state index in [1.54, 1.807) is 6.07 Å². The molecule has 16 heavy (non-hydrogen) atoms. The normalized spacial score (nSPS) is 13.8. The van der Waals surface area contributed by atoms with Crippen molar-refractivity contribution in [3.8, 4) is 0 Å². The standard InChI is InChI=1S/C14H22FN/c1-14(2,3)13(16)10-6-8-11-7-4-5-9-12(11)15/h4-5,7,9,13H,6,8,10,16H2,1-3H3. The van der Waals surface area contributed by atoms with Crippen LogP contribution in [-0.4, -0.2) is 6.04 Å². The molecule has 0 aliphatic carbocycles. The molecule has 0 heterocycles. The number of nitrogens with two attached hydrogens (primary N) is 1. The second-order valence-corrected chi connectivity index (χ2v) is 5.46. The summed E-state index contributed by atoms with van der Waals surface area (Å²) in [6.07, 6.45) is 2.66. The highest BCUT2D eigenvalue weighted by Gasteiger charge is 2.19. The molecule has 2 heteroatoms. The lowest BCUT2D eigenvalue weighted by molar-refractivity contribution is 0.301. The van der Waals surface area contributed by atoms with E-state index in [9.17, 15) is 4.39 Å². The van der Waals surface area contributed by atoms with Gasteiger partial charge < -0.3 is 5.73 Å². The van der Waals surface area contributed by atoms with Gasteiger partial charge in [-0.15, -0.1) is 0 Å². The number of hydrogen-bond acceptors (Lipinski definition) is 1. The van der Waals surface area contributed by atoms with Gasteiger partial charge in [0.15, 0.2) is 0 Å². The second kappa shape index (κ2) is 5.44. The van der Waals surface area contributed by atoms with Gasteiger partial charge in [0.25, 0.3) is 0 Å². The lowest BCUT2D eigenvalue weighted by Crippen LogP contribution is -2.34. The van der Waals surface area contributed by atoms with Crippen LogP contribution < -0.4 is 5.73 Å². The minimum Gasteiger partial charge on any atom is -0.327 e. The average molecular weight is 223 g/mol. The first-order chi connectivity index (χ1) is 7.41. The molecule has 0 bridgehead atoms. The number of benzene rings is 1. The summed E-state index contributed by atoms with van der Waals surface area (Å²) in [6.45, 7) is 6.42. The van der Waals surface area contributed by atoms with E-state index in [1.165, 1.54) is 6.07 Å². The van der Waals surface area contributed by atoms with Crippen LogP contribution in [0.2, 0.25) is 0 Å². The van der Waals surface area contributed by atoms with E-state index in [4.69, 9.17) is 5.73 Å². The van der Waals surface area contributed by atoms with E-state index in [0.717, 1.165) is 24.8 Å². The summed E-state index contributed by atoms with van der Waals surface area (Å²) in [7, 11) is 0. The summed E-state index contributed by atoms with van der Waals surface area (Å²) >= 11 is 0. The molecule has 0 saturated heterocycles. The molecule has 0 fully saturated rings. The molecule has 90 valence electrons. The third kappa shape index (κ3) is 3.93. The summed E-state index contributed by atoms with van der Waals surface area (Å²) in [5.74, 6) is -0.105. The molecule has 0 amide bonds. The fourth-order valence-electron chi connectivity index (χ4n) is 1.65. The minimum absolute atomic E-state index is 0.105. The van der Waals surface area contributed by atoms with Crippen LogP contribution >= 0.6 is 0 Å². The quantitative estimate of drug-likeness (QED) is 0.830. The Balaban J connectivity index is 2.40. The first kappa shape index (κ1) is 13.2. The number of hydrogen-bond donors (Lipinski definition) is 1. The van der Waals surface area contributed by atoms with Crippen LogP contribution in [0.3, 0.4) is 0 Å².